The molecule has 0 aliphatic rings. The first-order valence-electron chi connectivity index (χ1n) is 6.59. The zero-order chi connectivity index (χ0) is 15.2. The van der Waals surface area contributed by atoms with E-state index in [1.807, 2.05) is 6.92 Å². The average Bonchev–Trinajstić information content (AvgIpc) is 2.37. The molecular formula is C14H21NO4S. The van der Waals surface area contributed by atoms with Gasteiger partial charge in [-0.1, -0.05) is 19.1 Å². The van der Waals surface area contributed by atoms with Crippen molar-refractivity contribution < 1.29 is 17.9 Å². The lowest BCUT2D eigenvalue weighted by molar-refractivity contribution is -0.141. The van der Waals surface area contributed by atoms with Crippen LogP contribution in [0, 0.1) is 0 Å². The highest BCUT2D eigenvalue weighted by molar-refractivity contribution is 7.90. The third-order valence-electron chi connectivity index (χ3n) is 2.72. The summed E-state index contributed by atoms with van der Waals surface area (Å²) in [7, 11) is -3.34. The first kappa shape index (κ1) is 16.5. The largest absolute Gasteiger partial charge is 0.465 e. The number of carbonyl (C=O) groups is 1. The molecular weight excluding hydrogens is 278 g/mol. The molecule has 0 aliphatic heterocycles. The van der Waals surface area contributed by atoms with Crippen LogP contribution in [0.15, 0.2) is 29.2 Å². The number of anilines is 1. The Kier molecular flexibility index (Phi) is 6.01. The molecule has 0 amide bonds. The molecule has 0 saturated heterocycles. The highest BCUT2D eigenvalue weighted by Gasteiger charge is 2.19. The maximum atomic E-state index is 11.8. The van der Waals surface area contributed by atoms with Crippen LogP contribution in [0.2, 0.25) is 0 Å². The van der Waals surface area contributed by atoms with Crippen LogP contribution in [0.1, 0.15) is 20.3 Å². The van der Waals surface area contributed by atoms with Gasteiger partial charge in [-0.05, 0) is 25.5 Å². The molecule has 0 fully saturated rings. The van der Waals surface area contributed by atoms with Crippen LogP contribution in [0.5, 0.6) is 0 Å². The molecule has 0 heterocycles. The molecule has 0 unspecified atom stereocenters. The minimum Gasteiger partial charge on any atom is -0.465 e. The van der Waals surface area contributed by atoms with Gasteiger partial charge in [0.1, 0.15) is 6.54 Å². The van der Waals surface area contributed by atoms with Gasteiger partial charge >= 0.3 is 5.97 Å². The Bertz CT molecular complexity index is 554. The minimum atomic E-state index is -3.34. The zero-order valence-electron chi connectivity index (χ0n) is 12.1. The normalized spacial score (nSPS) is 11.2. The smallest absolute Gasteiger partial charge is 0.325 e. The summed E-state index contributed by atoms with van der Waals surface area (Å²) in [5.74, 6) is -0.357. The minimum absolute atomic E-state index is 0.0498. The van der Waals surface area contributed by atoms with Crippen molar-refractivity contribution in [2.45, 2.75) is 25.2 Å². The summed E-state index contributed by atoms with van der Waals surface area (Å²) < 4.78 is 28.6. The van der Waals surface area contributed by atoms with Gasteiger partial charge in [0.15, 0.2) is 9.84 Å². The van der Waals surface area contributed by atoms with Gasteiger partial charge < -0.3 is 9.64 Å². The van der Waals surface area contributed by atoms with Crippen LogP contribution in [0.25, 0.3) is 0 Å². The van der Waals surface area contributed by atoms with Crippen LogP contribution in [-0.2, 0) is 19.4 Å². The van der Waals surface area contributed by atoms with Gasteiger partial charge in [-0.25, -0.2) is 8.42 Å². The number of ether oxygens (including phenoxy) is 1. The molecule has 0 atom stereocenters. The SMILES string of the molecule is CCCN(CC(=O)OCC)c1ccccc1S(C)(=O)=O. The van der Waals surface area contributed by atoms with Gasteiger partial charge in [0.25, 0.3) is 0 Å². The monoisotopic (exact) mass is 299 g/mol. The van der Waals surface area contributed by atoms with Crippen molar-refractivity contribution >= 4 is 21.5 Å². The zero-order valence-corrected chi connectivity index (χ0v) is 12.9. The van der Waals surface area contributed by atoms with Crippen LogP contribution in [0.3, 0.4) is 0 Å². The van der Waals surface area contributed by atoms with E-state index < -0.39 is 9.84 Å². The van der Waals surface area contributed by atoms with E-state index >= 15 is 0 Å². The van der Waals surface area contributed by atoms with Crippen LogP contribution >= 0.6 is 0 Å². The van der Waals surface area contributed by atoms with E-state index in [-0.39, 0.29) is 17.4 Å². The van der Waals surface area contributed by atoms with Gasteiger partial charge in [0.05, 0.1) is 17.2 Å². The molecule has 0 aliphatic carbocycles. The lowest BCUT2D eigenvalue weighted by Crippen LogP contribution is -2.32. The van der Waals surface area contributed by atoms with E-state index in [2.05, 4.69) is 0 Å². The predicted octanol–water partition coefficient (Wildman–Crippen LogP) is 1.87. The molecule has 20 heavy (non-hydrogen) atoms. The highest BCUT2D eigenvalue weighted by Crippen LogP contribution is 2.25. The van der Waals surface area contributed by atoms with Crippen molar-refractivity contribution in [3.8, 4) is 0 Å². The first-order valence-corrected chi connectivity index (χ1v) is 8.49. The Morgan fingerprint density at radius 3 is 2.45 bits per heavy atom. The van der Waals surface area contributed by atoms with Gasteiger partial charge in [-0.3, -0.25) is 4.79 Å². The van der Waals surface area contributed by atoms with E-state index in [0.717, 1.165) is 6.42 Å². The molecule has 0 saturated carbocycles. The van der Waals surface area contributed by atoms with Gasteiger partial charge in [-0.15, -0.1) is 0 Å². The number of sulfone groups is 1. The average molecular weight is 299 g/mol. The standard InChI is InChI=1S/C14H21NO4S/c1-4-10-15(11-14(16)19-5-2)12-8-6-7-9-13(12)20(3,17)18/h6-9H,4-5,10-11H2,1-3H3. The highest BCUT2D eigenvalue weighted by atomic mass is 32.2. The summed E-state index contributed by atoms with van der Waals surface area (Å²) in [6.07, 6.45) is 1.97. The lowest BCUT2D eigenvalue weighted by atomic mass is 10.2. The molecule has 1 aromatic rings. The maximum absolute atomic E-state index is 11.8. The second-order valence-electron chi connectivity index (χ2n) is 4.47. The molecule has 0 bridgehead atoms. The molecule has 0 spiro atoms. The maximum Gasteiger partial charge on any atom is 0.325 e. The number of hydrogen-bond donors (Lipinski definition) is 0. The number of esters is 1. The van der Waals surface area contributed by atoms with E-state index in [4.69, 9.17) is 4.74 Å². The molecule has 5 nitrogen and oxygen atoms in total. The molecule has 0 radical (unpaired) electrons. The Morgan fingerprint density at radius 2 is 1.90 bits per heavy atom. The Morgan fingerprint density at radius 1 is 1.25 bits per heavy atom. The second-order valence-corrected chi connectivity index (χ2v) is 6.45. The van der Waals surface area contributed by atoms with Crippen molar-refractivity contribution in [2.24, 2.45) is 0 Å². The summed E-state index contributed by atoms with van der Waals surface area (Å²) in [6, 6.07) is 6.70. The van der Waals surface area contributed by atoms with Gasteiger partial charge in [0, 0.05) is 12.8 Å². The summed E-state index contributed by atoms with van der Waals surface area (Å²) in [6.45, 7) is 4.67. The van der Waals surface area contributed by atoms with Crippen molar-refractivity contribution in [3.05, 3.63) is 24.3 Å². The third kappa shape index (κ3) is 4.52. The van der Waals surface area contributed by atoms with Crippen molar-refractivity contribution in [2.75, 3.05) is 30.9 Å². The third-order valence-corrected chi connectivity index (χ3v) is 3.87. The predicted molar refractivity (Wildman–Crippen MR) is 78.7 cm³/mol. The fourth-order valence-electron chi connectivity index (χ4n) is 1.95. The number of carbonyl (C=O) groups excluding carboxylic acids is 1. The summed E-state index contributed by atoms with van der Waals surface area (Å²) >= 11 is 0. The lowest BCUT2D eigenvalue weighted by Gasteiger charge is -2.25. The summed E-state index contributed by atoms with van der Waals surface area (Å²) in [5.41, 5.74) is 0.546. The fraction of sp³-hybridized carbons (Fsp3) is 0.500. The Labute approximate surface area is 120 Å². The molecule has 1 aromatic carbocycles. The van der Waals surface area contributed by atoms with Crippen molar-refractivity contribution in [1.82, 2.24) is 0 Å². The van der Waals surface area contributed by atoms with Crippen LogP contribution in [-0.4, -0.2) is 40.3 Å². The molecule has 1 rings (SSSR count). The second kappa shape index (κ2) is 7.28. The fourth-order valence-corrected chi connectivity index (χ4v) is 2.85. The summed E-state index contributed by atoms with van der Waals surface area (Å²) in [4.78, 5) is 13.6. The van der Waals surface area contributed by atoms with Crippen molar-refractivity contribution in [3.63, 3.8) is 0 Å². The number of rotatable bonds is 7. The van der Waals surface area contributed by atoms with E-state index in [0.29, 0.717) is 18.8 Å². The van der Waals surface area contributed by atoms with Crippen LogP contribution < -0.4 is 4.90 Å². The molecule has 112 valence electrons. The molecule has 0 N–H and O–H groups in total. The number of nitrogens with zero attached hydrogens (tertiary/aromatic N) is 1. The number of para-hydroxylation sites is 1. The number of hydrogen-bond acceptors (Lipinski definition) is 5. The number of benzene rings is 1. The quantitative estimate of drug-likeness (QED) is 0.719. The van der Waals surface area contributed by atoms with Gasteiger partial charge in [0.2, 0.25) is 0 Å². The first-order chi connectivity index (χ1) is 9.40. The van der Waals surface area contributed by atoms with Gasteiger partial charge in [-0.2, -0.15) is 0 Å². The van der Waals surface area contributed by atoms with Crippen molar-refractivity contribution in [1.29, 1.82) is 0 Å². The van der Waals surface area contributed by atoms with E-state index in [9.17, 15) is 13.2 Å². The topological polar surface area (TPSA) is 63.7 Å². The Hall–Kier alpha value is -1.56. The van der Waals surface area contributed by atoms with Crippen LogP contribution in [0.4, 0.5) is 5.69 Å². The Balaban J connectivity index is 3.12. The molecule has 6 heteroatoms. The van der Waals surface area contributed by atoms with E-state index in [1.54, 1.807) is 36.1 Å². The summed E-state index contributed by atoms with van der Waals surface area (Å²) in [5, 5.41) is 0. The molecule has 0 aromatic heterocycles. The van der Waals surface area contributed by atoms with E-state index in [1.165, 1.54) is 6.26 Å².